The van der Waals surface area contributed by atoms with E-state index in [0.29, 0.717) is 0 Å². The highest BCUT2D eigenvalue weighted by Crippen LogP contribution is 2.25. The normalized spacial score (nSPS) is 12.7. The first-order valence-electron chi connectivity index (χ1n) is 4.90. The summed E-state index contributed by atoms with van der Waals surface area (Å²) in [6.07, 6.45) is 2.44. The molecule has 1 aromatic rings. The number of benzene rings is 1. The predicted molar refractivity (Wildman–Crippen MR) is 56.0 cm³/mol. The van der Waals surface area contributed by atoms with Crippen LogP contribution in [0.15, 0.2) is 24.3 Å². The first kappa shape index (κ1) is 11.0. The van der Waals surface area contributed by atoms with Crippen LogP contribution in [0.3, 0.4) is 0 Å². The third-order valence-electron chi connectivity index (χ3n) is 2.26. The SMILES string of the molecule is N[C@H](CCCCO)c1ccccc1O. The highest BCUT2D eigenvalue weighted by Gasteiger charge is 2.08. The van der Waals surface area contributed by atoms with Gasteiger partial charge in [-0.05, 0) is 25.3 Å². The number of nitrogens with two attached hydrogens (primary N) is 1. The first-order valence-corrected chi connectivity index (χ1v) is 4.90. The highest BCUT2D eigenvalue weighted by molar-refractivity contribution is 5.34. The molecule has 0 radical (unpaired) electrons. The Morgan fingerprint density at radius 1 is 1.21 bits per heavy atom. The van der Waals surface area contributed by atoms with E-state index in [0.717, 1.165) is 24.8 Å². The Hall–Kier alpha value is -1.06. The number of unbranched alkanes of at least 4 members (excludes halogenated alkanes) is 1. The Balaban J connectivity index is 2.51. The van der Waals surface area contributed by atoms with Gasteiger partial charge in [0.25, 0.3) is 0 Å². The Bertz CT molecular complexity index is 276. The van der Waals surface area contributed by atoms with Gasteiger partial charge in [-0.2, -0.15) is 0 Å². The number of phenolic OH excluding ortho intramolecular Hbond substituents is 1. The third kappa shape index (κ3) is 3.01. The van der Waals surface area contributed by atoms with Crippen LogP contribution in [0.1, 0.15) is 30.9 Å². The van der Waals surface area contributed by atoms with Crippen LogP contribution in [0.25, 0.3) is 0 Å². The van der Waals surface area contributed by atoms with Gasteiger partial charge in [0.1, 0.15) is 5.75 Å². The lowest BCUT2D eigenvalue weighted by molar-refractivity contribution is 0.281. The standard InChI is InChI=1S/C11H17NO2/c12-10(6-3-4-8-13)9-5-1-2-7-11(9)14/h1-2,5,7,10,13-14H,3-4,6,8,12H2/t10-/m1/s1. The van der Waals surface area contributed by atoms with Gasteiger partial charge in [0.15, 0.2) is 0 Å². The summed E-state index contributed by atoms with van der Waals surface area (Å²) < 4.78 is 0. The molecule has 0 spiro atoms. The molecule has 0 saturated carbocycles. The van der Waals surface area contributed by atoms with Gasteiger partial charge in [-0.15, -0.1) is 0 Å². The van der Waals surface area contributed by atoms with Crippen LogP contribution in [0, 0.1) is 0 Å². The summed E-state index contributed by atoms with van der Waals surface area (Å²) in [5.41, 5.74) is 6.68. The molecule has 0 heterocycles. The van der Waals surface area contributed by atoms with Crippen molar-refractivity contribution in [3.8, 4) is 5.75 Å². The smallest absolute Gasteiger partial charge is 0.120 e. The van der Waals surface area contributed by atoms with E-state index in [1.807, 2.05) is 12.1 Å². The van der Waals surface area contributed by atoms with E-state index in [-0.39, 0.29) is 18.4 Å². The molecule has 0 saturated heterocycles. The molecule has 1 rings (SSSR count). The van der Waals surface area contributed by atoms with Crippen molar-refractivity contribution in [3.63, 3.8) is 0 Å². The molecular weight excluding hydrogens is 178 g/mol. The molecule has 0 aromatic heterocycles. The number of hydrogen-bond acceptors (Lipinski definition) is 3. The van der Waals surface area contributed by atoms with Gasteiger partial charge in [-0.1, -0.05) is 18.2 Å². The van der Waals surface area contributed by atoms with Crippen molar-refractivity contribution in [2.24, 2.45) is 5.73 Å². The Labute approximate surface area is 84.2 Å². The molecule has 0 unspecified atom stereocenters. The zero-order valence-corrected chi connectivity index (χ0v) is 8.19. The van der Waals surface area contributed by atoms with E-state index >= 15 is 0 Å². The molecular formula is C11H17NO2. The van der Waals surface area contributed by atoms with Gasteiger partial charge >= 0.3 is 0 Å². The van der Waals surface area contributed by atoms with E-state index in [1.54, 1.807) is 12.1 Å². The zero-order valence-electron chi connectivity index (χ0n) is 8.19. The second-order valence-corrected chi connectivity index (χ2v) is 3.38. The summed E-state index contributed by atoms with van der Waals surface area (Å²) in [5.74, 6) is 0.254. The van der Waals surface area contributed by atoms with Crippen LogP contribution in [0.2, 0.25) is 0 Å². The summed E-state index contributed by atoms with van der Waals surface area (Å²) in [5, 5.41) is 18.1. The lowest BCUT2D eigenvalue weighted by Gasteiger charge is -2.12. The fourth-order valence-corrected chi connectivity index (χ4v) is 1.43. The molecule has 0 bridgehead atoms. The van der Waals surface area contributed by atoms with Crippen molar-refractivity contribution in [2.45, 2.75) is 25.3 Å². The molecule has 3 heteroatoms. The summed E-state index contributed by atoms with van der Waals surface area (Å²) in [6, 6.07) is 6.98. The molecule has 4 N–H and O–H groups in total. The molecule has 3 nitrogen and oxygen atoms in total. The molecule has 1 atom stereocenters. The monoisotopic (exact) mass is 195 g/mol. The number of aliphatic hydroxyl groups is 1. The van der Waals surface area contributed by atoms with Gasteiger partial charge in [0.05, 0.1) is 0 Å². The summed E-state index contributed by atoms with van der Waals surface area (Å²) >= 11 is 0. The van der Waals surface area contributed by atoms with Crippen LogP contribution in [-0.2, 0) is 0 Å². The van der Waals surface area contributed by atoms with Gasteiger partial charge in [-0.25, -0.2) is 0 Å². The maximum atomic E-state index is 9.51. The molecule has 0 fully saturated rings. The number of rotatable bonds is 5. The zero-order chi connectivity index (χ0) is 10.4. The molecule has 14 heavy (non-hydrogen) atoms. The van der Waals surface area contributed by atoms with E-state index in [1.165, 1.54) is 0 Å². The quantitative estimate of drug-likeness (QED) is 0.624. The van der Waals surface area contributed by atoms with Crippen molar-refractivity contribution in [2.75, 3.05) is 6.61 Å². The molecule has 1 aromatic carbocycles. The van der Waals surface area contributed by atoms with Crippen molar-refractivity contribution in [3.05, 3.63) is 29.8 Å². The molecule has 78 valence electrons. The minimum Gasteiger partial charge on any atom is -0.508 e. The minimum absolute atomic E-state index is 0.136. The maximum Gasteiger partial charge on any atom is 0.120 e. The minimum atomic E-state index is -0.136. The fraction of sp³-hybridized carbons (Fsp3) is 0.455. The van der Waals surface area contributed by atoms with Crippen molar-refractivity contribution in [1.29, 1.82) is 0 Å². The fourth-order valence-electron chi connectivity index (χ4n) is 1.43. The summed E-state index contributed by atoms with van der Waals surface area (Å²) in [4.78, 5) is 0. The van der Waals surface area contributed by atoms with E-state index in [2.05, 4.69) is 0 Å². The first-order chi connectivity index (χ1) is 6.75. The lowest BCUT2D eigenvalue weighted by Crippen LogP contribution is -2.10. The number of aromatic hydroxyl groups is 1. The van der Waals surface area contributed by atoms with Crippen LogP contribution in [0.5, 0.6) is 5.75 Å². The number of para-hydroxylation sites is 1. The molecule has 0 aliphatic rings. The predicted octanol–water partition coefficient (Wildman–Crippen LogP) is 1.55. The van der Waals surface area contributed by atoms with Crippen LogP contribution >= 0.6 is 0 Å². The second kappa shape index (κ2) is 5.62. The lowest BCUT2D eigenvalue weighted by atomic mass is 10.0. The van der Waals surface area contributed by atoms with E-state index in [4.69, 9.17) is 10.8 Å². The topological polar surface area (TPSA) is 66.5 Å². The van der Waals surface area contributed by atoms with Crippen LogP contribution < -0.4 is 5.73 Å². The van der Waals surface area contributed by atoms with Gasteiger partial charge < -0.3 is 15.9 Å². The molecule has 0 aliphatic carbocycles. The Morgan fingerprint density at radius 2 is 1.93 bits per heavy atom. The number of phenols is 1. The Kier molecular flexibility index (Phi) is 4.43. The van der Waals surface area contributed by atoms with Gasteiger partial charge in [-0.3, -0.25) is 0 Å². The van der Waals surface area contributed by atoms with Crippen molar-refractivity contribution in [1.82, 2.24) is 0 Å². The average Bonchev–Trinajstić information content (AvgIpc) is 2.18. The van der Waals surface area contributed by atoms with Gasteiger partial charge in [0.2, 0.25) is 0 Å². The van der Waals surface area contributed by atoms with Gasteiger partial charge in [0, 0.05) is 18.2 Å². The maximum absolute atomic E-state index is 9.51. The number of aliphatic hydroxyl groups excluding tert-OH is 1. The highest BCUT2D eigenvalue weighted by atomic mass is 16.3. The summed E-state index contributed by atoms with van der Waals surface area (Å²) in [6.45, 7) is 0.202. The van der Waals surface area contributed by atoms with E-state index in [9.17, 15) is 5.11 Å². The van der Waals surface area contributed by atoms with Crippen LogP contribution in [0.4, 0.5) is 0 Å². The van der Waals surface area contributed by atoms with E-state index < -0.39 is 0 Å². The summed E-state index contributed by atoms with van der Waals surface area (Å²) in [7, 11) is 0. The molecule has 0 aliphatic heterocycles. The average molecular weight is 195 g/mol. The second-order valence-electron chi connectivity index (χ2n) is 3.38. The largest absolute Gasteiger partial charge is 0.508 e. The van der Waals surface area contributed by atoms with Crippen LogP contribution in [-0.4, -0.2) is 16.8 Å². The van der Waals surface area contributed by atoms with Crippen molar-refractivity contribution < 1.29 is 10.2 Å². The number of hydrogen-bond donors (Lipinski definition) is 3. The third-order valence-corrected chi connectivity index (χ3v) is 2.26. The Morgan fingerprint density at radius 3 is 2.57 bits per heavy atom. The molecule has 0 amide bonds. The van der Waals surface area contributed by atoms with Crippen molar-refractivity contribution >= 4 is 0 Å².